The lowest BCUT2D eigenvalue weighted by Crippen LogP contribution is -2.38. The van der Waals surface area contributed by atoms with Crippen molar-refractivity contribution in [2.75, 3.05) is 42.6 Å². The quantitative estimate of drug-likeness (QED) is 0.626. The SMILES string of the molecule is O=C(c1cc([N+](=O)[O-])ccc1N1CCOCC1)N1CCc2ccccc21. The van der Waals surface area contributed by atoms with Crippen molar-refractivity contribution >= 4 is 23.0 Å². The Morgan fingerprint density at radius 1 is 1.04 bits per heavy atom. The molecule has 0 unspecified atom stereocenters. The number of benzene rings is 2. The summed E-state index contributed by atoms with van der Waals surface area (Å²) in [5.74, 6) is -0.194. The van der Waals surface area contributed by atoms with Crippen molar-refractivity contribution in [1.29, 1.82) is 0 Å². The maximum absolute atomic E-state index is 13.3. The van der Waals surface area contributed by atoms with Gasteiger partial charge in [0.05, 0.1) is 29.4 Å². The van der Waals surface area contributed by atoms with Crippen molar-refractivity contribution in [3.63, 3.8) is 0 Å². The van der Waals surface area contributed by atoms with Crippen molar-refractivity contribution in [3.05, 3.63) is 63.7 Å². The Morgan fingerprint density at radius 2 is 1.81 bits per heavy atom. The van der Waals surface area contributed by atoms with Gasteiger partial charge in [0.15, 0.2) is 0 Å². The van der Waals surface area contributed by atoms with E-state index >= 15 is 0 Å². The molecule has 0 aliphatic carbocycles. The first kappa shape index (κ1) is 16.5. The zero-order valence-electron chi connectivity index (χ0n) is 14.3. The molecule has 0 radical (unpaired) electrons. The van der Waals surface area contributed by atoms with E-state index < -0.39 is 4.92 Å². The first-order chi connectivity index (χ1) is 12.6. The highest BCUT2D eigenvalue weighted by molar-refractivity contribution is 6.11. The monoisotopic (exact) mass is 353 g/mol. The van der Waals surface area contributed by atoms with E-state index in [1.165, 1.54) is 12.1 Å². The third-order valence-electron chi connectivity index (χ3n) is 4.91. The van der Waals surface area contributed by atoms with Crippen LogP contribution in [0.25, 0.3) is 0 Å². The van der Waals surface area contributed by atoms with E-state index in [-0.39, 0.29) is 11.6 Å². The van der Waals surface area contributed by atoms with Crippen LogP contribution in [0, 0.1) is 10.1 Å². The van der Waals surface area contributed by atoms with Gasteiger partial charge in [-0.3, -0.25) is 14.9 Å². The summed E-state index contributed by atoms with van der Waals surface area (Å²) in [6, 6.07) is 12.3. The number of hydrogen-bond donors (Lipinski definition) is 0. The summed E-state index contributed by atoms with van der Waals surface area (Å²) in [4.78, 5) is 27.8. The Kier molecular flexibility index (Phi) is 4.30. The molecular weight excluding hydrogens is 334 g/mol. The standard InChI is InChI=1S/C19H19N3O4/c23-19(21-8-7-14-3-1-2-4-17(14)21)16-13-15(22(24)25)5-6-18(16)20-9-11-26-12-10-20/h1-6,13H,7-12H2. The van der Waals surface area contributed by atoms with E-state index in [0.717, 1.165) is 23.4 Å². The Balaban J connectivity index is 1.75. The summed E-state index contributed by atoms with van der Waals surface area (Å²) >= 11 is 0. The summed E-state index contributed by atoms with van der Waals surface area (Å²) in [5.41, 5.74) is 3.04. The lowest BCUT2D eigenvalue weighted by atomic mass is 10.1. The van der Waals surface area contributed by atoms with Crippen LogP contribution < -0.4 is 9.80 Å². The van der Waals surface area contributed by atoms with Crippen molar-refractivity contribution in [2.24, 2.45) is 0 Å². The van der Waals surface area contributed by atoms with Crippen molar-refractivity contribution in [1.82, 2.24) is 0 Å². The van der Waals surface area contributed by atoms with Gasteiger partial charge in [0.25, 0.3) is 11.6 Å². The molecule has 0 aromatic heterocycles. The number of hydrogen-bond acceptors (Lipinski definition) is 5. The lowest BCUT2D eigenvalue weighted by Gasteiger charge is -2.31. The van der Waals surface area contributed by atoms with E-state index in [0.29, 0.717) is 38.4 Å². The summed E-state index contributed by atoms with van der Waals surface area (Å²) in [6.45, 7) is 3.07. The van der Waals surface area contributed by atoms with Crippen LogP contribution in [0.4, 0.5) is 17.1 Å². The van der Waals surface area contributed by atoms with Gasteiger partial charge in [-0.05, 0) is 24.1 Å². The van der Waals surface area contributed by atoms with Crippen molar-refractivity contribution < 1.29 is 14.5 Å². The number of para-hydroxylation sites is 1. The molecule has 134 valence electrons. The zero-order valence-corrected chi connectivity index (χ0v) is 14.3. The topological polar surface area (TPSA) is 75.9 Å². The van der Waals surface area contributed by atoms with Gasteiger partial charge >= 0.3 is 0 Å². The van der Waals surface area contributed by atoms with Gasteiger partial charge in [0, 0.05) is 37.5 Å². The van der Waals surface area contributed by atoms with Gasteiger partial charge in [0.1, 0.15) is 0 Å². The summed E-state index contributed by atoms with van der Waals surface area (Å²) in [5, 5.41) is 11.2. The van der Waals surface area contributed by atoms with E-state index in [1.807, 2.05) is 24.3 Å². The number of anilines is 2. The number of carbonyl (C=O) groups is 1. The second kappa shape index (κ2) is 6.76. The highest BCUT2D eigenvalue weighted by Gasteiger charge is 2.29. The number of fused-ring (bicyclic) bond motifs is 1. The predicted molar refractivity (Wildman–Crippen MR) is 98.0 cm³/mol. The van der Waals surface area contributed by atoms with Crippen LogP contribution in [0.5, 0.6) is 0 Å². The Morgan fingerprint density at radius 3 is 2.58 bits per heavy atom. The molecule has 0 saturated carbocycles. The number of carbonyl (C=O) groups excluding carboxylic acids is 1. The van der Waals surface area contributed by atoms with E-state index in [1.54, 1.807) is 11.0 Å². The van der Waals surface area contributed by atoms with Gasteiger partial charge in [0.2, 0.25) is 0 Å². The largest absolute Gasteiger partial charge is 0.378 e. The molecule has 0 N–H and O–H groups in total. The number of non-ortho nitro benzene ring substituents is 1. The number of nitrogens with zero attached hydrogens (tertiary/aromatic N) is 3. The molecule has 2 aromatic carbocycles. The second-order valence-corrected chi connectivity index (χ2v) is 6.39. The first-order valence-electron chi connectivity index (χ1n) is 8.66. The Bertz CT molecular complexity index is 862. The number of amides is 1. The van der Waals surface area contributed by atoms with Crippen LogP contribution in [0.2, 0.25) is 0 Å². The maximum atomic E-state index is 13.3. The van der Waals surface area contributed by atoms with E-state index in [9.17, 15) is 14.9 Å². The molecule has 2 aromatic rings. The lowest BCUT2D eigenvalue weighted by molar-refractivity contribution is -0.384. The number of morpholine rings is 1. The molecule has 4 rings (SSSR count). The van der Waals surface area contributed by atoms with Crippen LogP contribution in [-0.2, 0) is 11.2 Å². The molecule has 2 aliphatic heterocycles. The van der Waals surface area contributed by atoms with Gasteiger partial charge in [-0.1, -0.05) is 18.2 Å². The summed E-state index contributed by atoms with van der Waals surface area (Å²) in [7, 11) is 0. The van der Waals surface area contributed by atoms with Crippen LogP contribution in [-0.4, -0.2) is 43.7 Å². The van der Waals surface area contributed by atoms with E-state index in [2.05, 4.69) is 4.90 Å². The van der Waals surface area contributed by atoms with Crippen molar-refractivity contribution in [2.45, 2.75) is 6.42 Å². The number of rotatable bonds is 3. The molecule has 1 amide bonds. The molecule has 0 atom stereocenters. The fourth-order valence-corrected chi connectivity index (χ4v) is 3.58. The van der Waals surface area contributed by atoms with Crippen LogP contribution in [0.3, 0.4) is 0 Å². The molecule has 2 heterocycles. The van der Waals surface area contributed by atoms with Crippen molar-refractivity contribution in [3.8, 4) is 0 Å². The molecular formula is C19H19N3O4. The van der Waals surface area contributed by atoms with Crippen LogP contribution in [0.15, 0.2) is 42.5 Å². The second-order valence-electron chi connectivity index (χ2n) is 6.39. The van der Waals surface area contributed by atoms with Gasteiger partial charge in [-0.2, -0.15) is 0 Å². The Labute approximate surface area is 150 Å². The number of nitro groups is 1. The Hall–Kier alpha value is -2.93. The highest BCUT2D eigenvalue weighted by Crippen LogP contribution is 2.33. The molecule has 7 nitrogen and oxygen atoms in total. The van der Waals surface area contributed by atoms with Gasteiger partial charge in [-0.15, -0.1) is 0 Å². The molecule has 2 aliphatic rings. The summed E-state index contributed by atoms with van der Waals surface area (Å²) < 4.78 is 5.38. The summed E-state index contributed by atoms with van der Waals surface area (Å²) in [6.07, 6.45) is 0.795. The average Bonchev–Trinajstić information content (AvgIpc) is 3.11. The molecule has 0 spiro atoms. The molecule has 0 bridgehead atoms. The molecule has 26 heavy (non-hydrogen) atoms. The predicted octanol–water partition coefficient (Wildman–Crippen LogP) is 2.63. The zero-order chi connectivity index (χ0) is 18.1. The third-order valence-corrected chi connectivity index (χ3v) is 4.91. The van der Waals surface area contributed by atoms with Gasteiger partial charge < -0.3 is 14.5 Å². The molecule has 7 heteroatoms. The normalized spacial score (nSPS) is 16.5. The molecule has 1 fully saturated rings. The van der Waals surface area contributed by atoms with Crippen LogP contribution >= 0.6 is 0 Å². The smallest absolute Gasteiger partial charge is 0.270 e. The first-order valence-corrected chi connectivity index (χ1v) is 8.66. The minimum atomic E-state index is -0.461. The van der Waals surface area contributed by atoms with E-state index in [4.69, 9.17) is 4.74 Å². The highest BCUT2D eigenvalue weighted by atomic mass is 16.6. The fourth-order valence-electron chi connectivity index (χ4n) is 3.58. The minimum Gasteiger partial charge on any atom is -0.378 e. The molecule has 1 saturated heterocycles. The number of nitro benzene ring substituents is 1. The van der Waals surface area contributed by atoms with Gasteiger partial charge in [-0.25, -0.2) is 0 Å². The number of ether oxygens (including phenoxy) is 1. The minimum absolute atomic E-state index is 0.0714. The third kappa shape index (κ3) is 2.90. The average molecular weight is 353 g/mol. The fraction of sp³-hybridized carbons (Fsp3) is 0.316. The maximum Gasteiger partial charge on any atom is 0.270 e. The van der Waals surface area contributed by atoms with Crippen LogP contribution in [0.1, 0.15) is 15.9 Å².